The molecule has 2 fully saturated rings. The van der Waals surface area contributed by atoms with Crippen LogP contribution in [-0.4, -0.2) is 48.9 Å². The van der Waals surface area contributed by atoms with Crippen LogP contribution in [0.2, 0.25) is 0 Å². The molecule has 0 bridgehead atoms. The van der Waals surface area contributed by atoms with Crippen LogP contribution in [-0.2, 0) is 20.7 Å². The molecular formula is C18H21N3O4S. The fourth-order valence-electron chi connectivity index (χ4n) is 4.55. The van der Waals surface area contributed by atoms with Gasteiger partial charge in [-0.1, -0.05) is 0 Å². The van der Waals surface area contributed by atoms with Crippen molar-refractivity contribution in [3.63, 3.8) is 0 Å². The van der Waals surface area contributed by atoms with Crippen molar-refractivity contribution in [2.24, 2.45) is 5.41 Å². The topological polar surface area (TPSA) is 87.7 Å². The molecule has 0 saturated carbocycles. The molecule has 1 aromatic rings. The highest BCUT2D eigenvalue weighted by atomic mass is 32.2. The summed E-state index contributed by atoms with van der Waals surface area (Å²) < 4.78 is 5.98. The molecule has 8 heteroatoms. The van der Waals surface area contributed by atoms with Gasteiger partial charge in [0.25, 0.3) is 0 Å². The number of fused-ring (bicyclic) bond motifs is 4. The number of barbiturate groups is 1. The first-order valence-electron chi connectivity index (χ1n) is 8.62. The minimum atomic E-state index is -1.39. The number of amides is 4. The number of thioether (sulfide) groups is 1. The Morgan fingerprint density at radius 1 is 1.19 bits per heavy atom. The third kappa shape index (κ3) is 2.35. The zero-order chi connectivity index (χ0) is 18.6. The highest BCUT2D eigenvalue weighted by molar-refractivity contribution is 7.98. The van der Waals surface area contributed by atoms with E-state index in [0.717, 1.165) is 16.1 Å². The zero-order valence-electron chi connectivity index (χ0n) is 14.9. The van der Waals surface area contributed by atoms with Crippen molar-refractivity contribution in [1.29, 1.82) is 0 Å². The minimum Gasteiger partial charge on any atom is -0.372 e. The number of morpholine rings is 1. The van der Waals surface area contributed by atoms with Crippen molar-refractivity contribution >= 4 is 35.3 Å². The van der Waals surface area contributed by atoms with Gasteiger partial charge in [0.1, 0.15) is 0 Å². The van der Waals surface area contributed by atoms with Gasteiger partial charge < -0.3 is 9.64 Å². The summed E-state index contributed by atoms with van der Waals surface area (Å²) in [7, 11) is 0. The van der Waals surface area contributed by atoms with E-state index in [0.29, 0.717) is 6.54 Å². The van der Waals surface area contributed by atoms with Gasteiger partial charge >= 0.3 is 6.03 Å². The lowest BCUT2D eigenvalue weighted by Crippen LogP contribution is -2.75. The van der Waals surface area contributed by atoms with Crippen molar-refractivity contribution < 1.29 is 19.1 Å². The lowest BCUT2D eigenvalue weighted by molar-refractivity contribution is -0.153. The summed E-state index contributed by atoms with van der Waals surface area (Å²) in [6.45, 7) is 4.44. The van der Waals surface area contributed by atoms with Crippen molar-refractivity contribution in [3.05, 3.63) is 23.8 Å². The highest BCUT2D eigenvalue weighted by Crippen LogP contribution is 2.47. The maximum absolute atomic E-state index is 13.0. The molecule has 2 saturated heterocycles. The Balaban J connectivity index is 1.91. The van der Waals surface area contributed by atoms with E-state index in [1.807, 2.05) is 32.2 Å². The Morgan fingerprint density at radius 2 is 1.88 bits per heavy atom. The minimum absolute atomic E-state index is 0.0270. The number of urea groups is 1. The molecule has 3 aliphatic rings. The number of benzene rings is 1. The van der Waals surface area contributed by atoms with Gasteiger partial charge in [-0.2, -0.15) is 0 Å². The average molecular weight is 375 g/mol. The number of nitrogens with zero attached hydrogens (tertiary/aromatic N) is 1. The number of ether oxygens (including phenoxy) is 1. The Bertz CT molecular complexity index is 792. The molecule has 3 atom stereocenters. The molecule has 1 aromatic carbocycles. The Morgan fingerprint density at radius 3 is 2.54 bits per heavy atom. The number of nitrogens with one attached hydrogen (secondary N) is 2. The number of hydrogen-bond donors (Lipinski definition) is 2. The van der Waals surface area contributed by atoms with Crippen LogP contribution in [0.5, 0.6) is 0 Å². The van der Waals surface area contributed by atoms with Crippen LogP contribution in [0, 0.1) is 5.41 Å². The molecule has 3 aliphatic heterocycles. The second-order valence-corrected chi connectivity index (χ2v) is 8.01. The summed E-state index contributed by atoms with van der Waals surface area (Å²) >= 11 is 1.61. The molecular weight excluding hydrogens is 354 g/mol. The molecule has 0 aliphatic carbocycles. The first kappa shape index (κ1) is 17.4. The Hall–Kier alpha value is -2.06. The van der Waals surface area contributed by atoms with Crippen LogP contribution in [0.1, 0.15) is 19.4 Å². The van der Waals surface area contributed by atoms with Gasteiger partial charge in [-0.05, 0) is 50.3 Å². The third-order valence-corrected chi connectivity index (χ3v) is 6.24. The van der Waals surface area contributed by atoms with E-state index in [4.69, 9.17) is 4.74 Å². The molecule has 4 amide bonds. The Kier molecular flexibility index (Phi) is 4.00. The van der Waals surface area contributed by atoms with E-state index < -0.39 is 29.3 Å². The summed E-state index contributed by atoms with van der Waals surface area (Å²) in [4.78, 5) is 40.7. The number of rotatable bonds is 1. The lowest BCUT2D eigenvalue weighted by Gasteiger charge is -2.55. The third-order valence-electron chi connectivity index (χ3n) is 5.52. The van der Waals surface area contributed by atoms with E-state index in [1.54, 1.807) is 11.8 Å². The van der Waals surface area contributed by atoms with Gasteiger partial charge in [-0.25, -0.2) is 4.79 Å². The molecule has 26 heavy (non-hydrogen) atoms. The first-order valence-corrected chi connectivity index (χ1v) is 9.85. The summed E-state index contributed by atoms with van der Waals surface area (Å²) in [5.74, 6) is -1.10. The van der Waals surface area contributed by atoms with Crippen LogP contribution in [0.25, 0.3) is 0 Å². The second-order valence-electron chi connectivity index (χ2n) is 7.13. The first-order chi connectivity index (χ1) is 12.4. The lowest BCUT2D eigenvalue weighted by atomic mass is 9.66. The molecule has 4 rings (SSSR count). The van der Waals surface area contributed by atoms with Crippen LogP contribution < -0.4 is 15.5 Å². The predicted octanol–water partition coefficient (Wildman–Crippen LogP) is 1.30. The van der Waals surface area contributed by atoms with Gasteiger partial charge in [-0.3, -0.25) is 20.2 Å². The normalized spacial score (nSPS) is 29.7. The number of anilines is 1. The van der Waals surface area contributed by atoms with E-state index in [2.05, 4.69) is 21.6 Å². The molecule has 138 valence electrons. The quantitative estimate of drug-likeness (QED) is 0.568. The van der Waals surface area contributed by atoms with Gasteiger partial charge in [0, 0.05) is 17.1 Å². The van der Waals surface area contributed by atoms with Crippen LogP contribution in [0.15, 0.2) is 23.1 Å². The van der Waals surface area contributed by atoms with E-state index in [-0.39, 0.29) is 18.6 Å². The van der Waals surface area contributed by atoms with Crippen molar-refractivity contribution in [2.75, 3.05) is 17.7 Å². The van der Waals surface area contributed by atoms with Gasteiger partial charge in [0.2, 0.25) is 11.8 Å². The average Bonchev–Trinajstić information content (AvgIpc) is 2.58. The summed E-state index contributed by atoms with van der Waals surface area (Å²) in [6, 6.07) is 4.89. The molecule has 0 radical (unpaired) electrons. The number of carbonyl (C=O) groups excluding carboxylic acids is 3. The predicted molar refractivity (Wildman–Crippen MR) is 97.2 cm³/mol. The molecule has 0 aromatic heterocycles. The largest absolute Gasteiger partial charge is 0.372 e. The molecule has 7 nitrogen and oxygen atoms in total. The number of carbonyl (C=O) groups is 3. The smallest absolute Gasteiger partial charge is 0.328 e. The van der Waals surface area contributed by atoms with Crippen molar-refractivity contribution in [2.45, 2.75) is 43.4 Å². The molecule has 2 N–H and O–H groups in total. The van der Waals surface area contributed by atoms with Crippen LogP contribution in [0.3, 0.4) is 0 Å². The fraction of sp³-hybridized carbons (Fsp3) is 0.500. The zero-order valence-corrected chi connectivity index (χ0v) is 15.7. The summed E-state index contributed by atoms with van der Waals surface area (Å²) in [5.41, 5.74) is 0.573. The van der Waals surface area contributed by atoms with Gasteiger partial charge in [0.05, 0.1) is 18.2 Å². The SMILES string of the molecule is CSc1ccc2c(c1)CC1(C(=O)NC(=O)NC1=O)C1[C@H](C)O[C@H](C)CN21. The second kappa shape index (κ2) is 5.99. The van der Waals surface area contributed by atoms with E-state index >= 15 is 0 Å². The standard InChI is InChI=1S/C18H21N3O4S/c1-9-8-21-13-5-4-12(26-3)6-11(13)7-18(14(21)10(2)25-9)15(22)19-17(24)20-16(18)23/h4-6,9-10,14H,7-8H2,1-3H3,(H2,19,20,22,23,24)/t9-,10+,14?/m1/s1. The van der Waals surface area contributed by atoms with E-state index in [9.17, 15) is 14.4 Å². The highest BCUT2D eigenvalue weighted by Gasteiger charge is 2.62. The Labute approximate surface area is 155 Å². The van der Waals surface area contributed by atoms with Crippen LogP contribution >= 0.6 is 11.8 Å². The summed E-state index contributed by atoms with van der Waals surface area (Å²) in [6.07, 6.45) is 1.86. The number of imide groups is 2. The molecule has 1 unspecified atom stereocenters. The monoisotopic (exact) mass is 375 g/mol. The maximum atomic E-state index is 13.0. The molecule has 1 spiro atoms. The van der Waals surface area contributed by atoms with Crippen LogP contribution in [0.4, 0.5) is 10.5 Å². The molecule has 3 heterocycles. The van der Waals surface area contributed by atoms with Gasteiger partial charge in [-0.15, -0.1) is 11.8 Å². The fourth-order valence-corrected chi connectivity index (χ4v) is 5.02. The van der Waals surface area contributed by atoms with Gasteiger partial charge in [0.15, 0.2) is 5.41 Å². The van der Waals surface area contributed by atoms with E-state index in [1.165, 1.54) is 0 Å². The summed E-state index contributed by atoms with van der Waals surface area (Å²) in [5, 5.41) is 4.59. The maximum Gasteiger partial charge on any atom is 0.328 e. The van der Waals surface area contributed by atoms with Crippen molar-refractivity contribution in [1.82, 2.24) is 10.6 Å². The number of hydrogen-bond acceptors (Lipinski definition) is 6. The van der Waals surface area contributed by atoms with Crippen molar-refractivity contribution in [3.8, 4) is 0 Å².